The van der Waals surface area contributed by atoms with Gasteiger partial charge in [-0.1, -0.05) is 32.4 Å². The number of ether oxygens (including phenoxy) is 1. The average molecular weight is 267 g/mol. The van der Waals surface area contributed by atoms with Crippen LogP contribution in [0.3, 0.4) is 0 Å². The molecule has 1 aromatic rings. The summed E-state index contributed by atoms with van der Waals surface area (Å²) in [6.45, 7) is 6.04. The van der Waals surface area contributed by atoms with E-state index < -0.39 is 0 Å². The fourth-order valence-electron chi connectivity index (χ4n) is 2.14. The first-order valence-corrected chi connectivity index (χ1v) is 7.11. The van der Waals surface area contributed by atoms with Crippen LogP contribution in [0.2, 0.25) is 0 Å². The van der Waals surface area contributed by atoms with Gasteiger partial charge in [0.1, 0.15) is 5.82 Å². The molecule has 0 heterocycles. The molecule has 0 saturated carbocycles. The molecule has 0 aliphatic carbocycles. The third kappa shape index (κ3) is 6.69. The van der Waals surface area contributed by atoms with E-state index in [1.807, 2.05) is 12.1 Å². The van der Waals surface area contributed by atoms with E-state index in [1.54, 1.807) is 19.2 Å². The van der Waals surface area contributed by atoms with Gasteiger partial charge in [-0.25, -0.2) is 4.39 Å². The van der Waals surface area contributed by atoms with Gasteiger partial charge in [0.2, 0.25) is 0 Å². The molecule has 1 N–H and O–H groups in total. The van der Waals surface area contributed by atoms with Crippen LogP contribution in [0.4, 0.5) is 4.39 Å². The Bertz CT molecular complexity index is 337. The van der Waals surface area contributed by atoms with Crippen molar-refractivity contribution in [3.8, 4) is 0 Å². The Hall–Kier alpha value is -0.930. The van der Waals surface area contributed by atoms with Gasteiger partial charge in [0.25, 0.3) is 0 Å². The Labute approximate surface area is 116 Å². The van der Waals surface area contributed by atoms with Gasteiger partial charge >= 0.3 is 0 Å². The SMILES string of the molecule is COCCCCC(CNC(C)C)c1ccc(F)cc1. The van der Waals surface area contributed by atoms with Crippen LogP contribution in [0.15, 0.2) is 24.3 Å². The van der Waals surface area contributed by atoms with Crippen molar-refractivity contribution in [3.63, 3.8) is 0 Å². The van der Waals surface area contributed by atoms with Crippen LogP contribution >= 0.6 is 0 Å². The van der Waals surface area contributed by atoms with E-state index in [1.165, 1.54) is 5.56 Å². The predicted octanol–water partition coefficient (Wildman–Crippen LogP) is 3.72. The van der Waals surface area contributed by atoms with Crippen LogP contribution in [-0.2, 0) is 4.74 Å². The zero-order chi connectivity index (χ0) is 14.1. The molecule has 0 aliphatic rings. The predicted molar refractivity (Wildman–Crippen MR) is 78.0 cm³/mol. The lowest BCUT2D eigenvalue weighted by Gasteiger charge is -2.20. The highest BCUT2D eigenvalue weighted by Gasteiger charge is 2.12. The summed E-state index contributed by atoms with van der Waals surface area (Å²) in [6, 6.07) is 7.37. The van der Waals surface area contributed by atoms with Gasteiger partial charge in [0, 0.05) is 26.3 Å². The van der Waals surface area contributed by atoms with Gasteiger partial charge in [-0.15, -0.1) is 0 Å². The molecule has 0 aliphatic heterocycles. The van der Waals surface area contributed by atoms with Crippen molar-refractivity contribution in [3.05, 3.63) is 35.6 Å². The van der Waals surface area contributed by atoms with Crippen molar-refractivity contribution in [2.75, 3.05) is 20.3 Å². The summed E-state index contributed by atoms with van der Waals surface area (Å²) in [5.74, 6) is 0.276. The maximum Gasteiger partial charge on any atom is 0.123 e. The van der Waals surface area contributed by atoms with Crippen LogP contribution in [0.5, 0.6) is 0 Å². The Balaban J connectivity index is 2.54. The molecule has 19 heavy (non-hydrogen) atoms. The second-order valence-corrected chi connectivity index (χ2v) is 5.30. The summed E-state index contributed by atoms with van der Waals surface area (Å²) in [4.78, 5) is 0. The third-order valence-electron chi connectivity index (χ3n) is 3.26. The van der Waals surface area contributed by atoms with Crippen molar-refractivity contribution in [2.45, 2.75) is 45.1 Å². The van der Waals surface area contributed by atoms with Crippen molar-refractivity contribution < 1.29 is 9.13 Å². The van der Waals surface area contributed by atoms with Gasteiger partial charge in [-0.05, 0) is 36.5 Å². The highest BCUT2D eigenvalue weighted by Crippen LogP contribution is 2.22. The molecule has 1 unspecified atom stereocenters. The smallest absolute Gasteiger partial charge is 0.123 e. The van der Waals surface area contributed by atoms with E-state index in [0.717, 1.165) is 32.4 Å². The first-order valence-electron chi connectivity index (χ1n) is 7.11. The molecular weight excluding hydrogens is 241 g/mol. The van der Waals surface area contributed by atoms with Crippen LogP contribution < -0.4 is 5.32 Å². The summed E-state index contributed by atoms with van der Waals surface area (Å²) in [7, 11) is 1.73. The topological polar surface area (TPSA) is 21.3 Å². The molecule has 0 aromatic heterocycles. The maximum absolute atomic E-state index is 13.0. The standard InChI is InChI=1S/C16H26FNO/c1-13(2)18-12-15(6-4-5-11-19-3)14-7-9-16(17)10-8-14/h7-10,13,15,18H,4-6,11-12H2,1-3H3. The summed E-state index contributed by atoms with van der Waals surface area (Å²) >= 11 is 0. The first-order chi connectivity index (χ1) is 9.13. The second-order valence-electron chi connectivity index (χ2n) is 5.30. The van der Waals surface area contributed by atoms with Crippen molar-refractivity contribution in [2.24, 2.45) is 0 Å². The average Bonchev–Trinajstić information content (AvgIpc) is 2.39. The Morgan fingerprint density at radius 1 is 1.16 bits per heavy atom. The molecule has 0 spiro atoms. The minimum atomic E-state index is -0.168. The largest absolute Gasteiger partial charge is 0.385 e. The fraction of sp³-hybridized carbons (Fsp3) is 0.625. The number of nitrogens with one attached hydrogen (secondary N) is 1. The quantitative estimate of drug-likeness (QED) is 0.688. The van der Waals surface area contributed by atoms with Crippen molar-refractivity contribution in [1.29, 1.82) is 0 Å². The zero-order valence-electron chi connectivity index (χ0n) is 12.3. The van der Waals surface area contributed by atoms with E-state index >= 15 is 0 Å². The van der Waals surface area contributed by atoms with Gasteiger partial charge in [0.05, 0.1) is 0 Å². The Morgan fingerprint density at radius 3 is 2.42 bits per heavy atom. The lowest BCUT2D eigenvalue weighted by atomic mass is 9.93. The molecule has 0 saturated heterocycles. The number of rotatable bonds is 9. The number of hydrogen-bond donors (Lipinski definition) is 1. The van der Waals surface area contributed by atoms with Gasteiger partial charge < -0.3 is 10.1 Å². The van der Waals surface area contributed by atoms with E-state index in [-0.39, 0.29) is 5.82 Å². The molecule has 1 atom stereocenters. The summed E-state index contributed by atoms with van der Waals surface area (Å²) in [5, 5.41) is 3.47. The zero-order valence-corrected chi connectivity index (χ0v) is 12.3. The van der Waals surface area contributed by atoms with E-state index in [9.17, 15) is 4.39 Å². The number of unbranched alkanes of at least 4 members (excludes halogenated alkanes) is 1. The molecule has 108 valence electrons. The van der Waals surface area contributed by atoms with Gasteiger partial charge in [-0.2, -0.15) is 0 Å². The fourth-order valence-corrected chi connectivity index (χ4v) is 2.14. The van der Waals surface area contributed by atoms with E-state index in [2.05, 4.69) is 19.2 Å². The molecule has 2 nitrogen and oxygen atoms in total. The van der Waals surface area contributed by atoms with Crippen LogP contribution in [0, 0.1) is 5.82 Å². The Morgan fingerprint density at radius 2 is 1.84 bits per heavy atom. The first kappa shape index (κ1) is 16.1. The highest BCUT2D eigenvalue weighted by atomic mass is 19.1. The summed E-state index contributed by atoms with van der Waals surface area (Å²) in [6.07, 6.45) is 3.32. The lowest BCUT2D eigenvalue weighted by Crippen LogP contribution is -2.28. The van der Waals surface area contributed by atoms with Crippen LogP contribution in [0.25, 0.3) is 0 Å². The molecule has 1 rings (SSSR count). The maximum atomic E-state index is 13.0. The highest BCUT2D eigenvalue weighted by molar-refractivity contribution is 5.20. The molecule has 3 heteroatoms. The van der Waals surface area contributed by atoms with Crippen LogP contribution in [-0.4, -0.2) is 26.3 Å². The molecule has 0 fully saturated rings. The molecule has 0 radical (unpaired) electrons. The minimum absolute atomic E-state index is 0.168. The Kier molecular flexibility index (Phi) is 7.68. The third-order valence-corrected chi connectivity index (χ3v) is 3.26. The monoisotopic (exact) mass is 267 g/mol. The van der Waals surface area contributed by atoms with E-state index in [4.69, 9.17) is 4.74 Å². The molecule has 1 aromatic carbocycles. The molecule has 0 amide bonds. The number of methoxy groups -OCH3 is 1. The second kappa shape index (κ2) is 9.05. The van der Waals surface area contributed by atoms with Gasteiger partial charge in [-0.3, -0.25) is 0 Å². The van der Waals surface area contributed by atoms with Crippen molar-refractivity contribution in [1.82, 2.24) is 5.32 Å². The number of hydrogen-bond acceptors (Lipinski definition) is 2. The van der Waals surface area contributed by atoms with Crippen molar-refractivity contribution >= 4 is 0 Å². The summed E-state index contributed by atoms with van der Waals surface area (Å²) in [5.41, 5.74) is 1.21. The van der Waals surface area contributed by atoms with E-state index in [0.29, 0.717) is 12.0 Å². The normalized spacial score (nSPS) is 12.9. The molecular formula is C16H26FNO. The summed E-state index contributed by atoms with van der Waals surface area (Å²) < 4.78 is 18.1. The number of benzene rings is 1. The number of halogens is 1. The van der Waals surface area contributed by atoms with Crippen LogP contribution in [0.1, 0.15) is 44.6 Å². The van der Waals surface area contributed by atoms with Gasteiger partial charge in [0.15, 0.2) is 0 Å². The minimum Gasteiger partial charge on any atom is -0.385 e. The lowest BCUT2D eigenvalue weighted by molar-refractivity contribution is 0.191. The molecule has 0 bridgehead atoms.